The predicted octanol–water partition coefficient (Wildman–Crippen LogP) is 1.65. The molecule has 40 heavy (non-hydrogen) atoms. The van der Waals surface area contributed by atoms with Crippen molar-refractivity contribution in [2.24, 2.45) is 0 Å². The largest absolute Gasteiger partial charge is 0.438 e. The number of amides is 1. The molecular weight excluding hydrogens is 512 g/mol. The van der Waals surface area contributed by atoms with Crippen molar-refractivity contribution in [2.45, 2.75) is 6.42 Å². The Morgan fingerprint density at radius 1 is 1.00 bits per heavy atom. The Labute approximate surface area is 233 Å². The second kappa shape index (κ2) is 11.1. The second-order valence-electron chi connectivity index (χ2n) is 10.2. The van der Waals surface area contributed by atoms with Crippen molar-refractivity contribution in [3.05, 3.63) is 42.2 Å². The van der Waals surface area contributed by atoms with E-state index in [1.54, 1.807) is 24.5 Å². The number of nitrogens with two attached hydrogens (primary N) is 1. The summed E-state index contributed by atoms with van der Waals surface area (Å²) >= 11 is 0. The van der Waals surface area contributed by atoms with Crippen molar-refractivity contribution in [3.63, 3.8) is 0 Å². The number of ether oxygens (including phenoxy) is 1. The molecule has 0 bridgehead atoms. The minimum Gasteiger partial charge on any atom is -0.378 e. The molecule has 0 saturated carbocycles. The summed E-state index contributed by atoms with van der Waals surface area (Å²) in [5, 5.41) is 1.56. The third kappa shape index (κ3) is 5.29. The van der Waals surface area contributed by atoms with Gasteiger partial charge in [0.2, 0.25) is 11.9 Å². The number of carbonyl (C=O) groups excluding carboxylic acids is 1. The number of benzene rings is 1. The quantitative estimate of drug-likeness (QED) is 0.499. The van der Waals surface area contributed by atoms with Crippen molar-refractivity contribution in [1.82, 2.24) is 24.8 Å². The lowest BCUT2D eigenvalue weighted by Gasteiger charge is -2.34. The summed E-state index contributed by atoms with van der Waals surface area (Å²) in [5.41, 5.74) is 9.89. The Hall–Kier alpha value is -4.23. The number of piperazine rings is 1. The molecule has 210 valence electrons. The van der Waals surface area contributed by atoms with E-state index in [9.17, 15) is 4.79 Å². The van der Waals surface area contributed by atoms with Crippen LogP contribution >= 0.6 is 0 Å². The maximum Gasteiger partial charge on any atom is 0.438 e. The fraction of sp³-hybridized carbons (Fsp3) is 0.444. The number of aromatic nitrogens is 4. The van der Waals surface area contributed by atoms with Gasteiger partial charge in [0.25, 0.3) is 0 Å². The number of morpholine rings is 1. The number of carbonyl (C=O) groups is 1. The molecule has 0 atom stereocenters. The minimum atomic E-state index is -0.493. The van der Waals surface area contributed by atoms with Gasteiger partial charge in [-0.3, -0.25) is 4.90 Å². The van der Waals surface area contributed by atoms with Gasteiger partial charge in [0, 0.05) is 81.2 Å². The molecule has 1 aromatic carbocycles. The lowest BCUT2D eigenvalue weighted by atomic mass is 10.1. The molecule has 0 radical (unpaired) electrons. The summed E-state index contributed by atoms with van der Waals surface area (Å²) in [6.07, 6.45) is 3.43. The lowest BCUT2D eigenvalue weighted by molar-refractivity contribution is 0.122. The van der Waals surface area contributed by atoms with Crippen LogP contribution in [0.15, 0.2) is 36.7 Å². The van der Waals surface area contributed by atoms with Crippen molar-refractivity contribution < 1.29 is 14.4 Å². The molecule has 13 heteroatoms. The molecule has 3 aliphatic heterocycles. The van der Waals surface area contributed by atoms with Crippen LogP contribution in [0.3, 0.4) is 0 Å². The standard InChI is InChI=1S/C27H34N10O3/c1-33-8-10-35(11-9-33)21-5-3-4-20(16-21)34(2)27(38)40-37-7-6-22-23(19-17-29-25(28)30-18-19)31-26(32-24(22)37)36-12-14-39-15-13-36/h3-5,16-18H,6-15H2,1-2H3,(H2,28,29,30). The van der Waals surface area contributed by atoms with Crippen molar-refractivity contribution in [1.29, 1.82) is 0 Å². The van der Waals surface area contributed by atoms with E-state index < -0.39 is 6.09 Å². The molecule has 6 rings (SSSR count). The van der Waals surface area contributed by atoms with Crippen LogP contribution in [0, 0.1) is 0 Å². The Bertz CT molecular complexity index is 1360. The zero-order chi connectivity index (χ0) is 27.6. The lowest BCUT2D eigenvalue weighted by Crippen LogP contribution is -2.44. The molecule has 2 saturated heterocycles. The van der Waals surface area contributed by atoms with Crippen molar-refractivity contribution in [3.8, 4) is 11.3 Å². The topological polar surface area (TPSA) is 129 Å². The van der Waals surface area contributed by atoms with Crippen LogP contribution in [0.2, 0.25) is 0 Å². The number of hydroxylamine groups is 1. The number of nitrogens with zero attached hydrogens (tertiary/aromatic N) is 9. The highest BCUT2D eigenvalue weighted by Gasteiger charge is 2.32. The normalized spacial score (nSPS) is 17.6. The molecule has 2 fully saturated rings. The van der Waals surface area contributed by atoms with Gasteiger partial charge in [0.15, 0.2) is 5.82 Å². The van der Waals surface area contributed by atoms with Gasteiger partial charge in [-0.2, -0.15) is 10.0 Å². The van der Waals surface area contributed by atoms with Crippen LogP contribution in [-0.4, -0.2) is 104 Å². The van der Waals surface area contributed by atoms with E-state index in [-0.39, 0.29) is 5.95 Å². The number of hydrogen-bond acceptors (Lipinski definition) is 12. The van der Waals surface area contributed by atoms with Crippen molar-refractivity contribution in [2.75, 3.05) is 98.6 Å². The summed E-state index contributed by atoms with van der Waals surface area (Å²) in [6.45, 7) is 6.90. The van der Waals surface area contributed by atoms with Crippen LogP contribution in [0.4, 0.5) is 33.9 Å². The Morgan fingerprint density at radius 3 is 2.50 bits per heavy atom. The third-order valence-electron chi connectivity index (χ3n) is 7.56. The van der Waals surface area contributed by atoms with E-state index in [2.05, 4.69) is 37.8 Å². The molecule has 2 aromatic heterocycles. The highest BCUT2D eigenvalue weighted by atomic mass is 16.7. The monoisotopic (exact) mass is 546 g/mol. The Balaban J connectivity index is 1.25. The summed E-state index contributed by atoms with van der Waals surface area (Å²) in [6, 6.07) is 8.00. The highest BCUT2D eigenvalue weighted by Crippen LogP contribution is 2.36. The first-order chi connectivity index (χ1) is 19.5. The van der Waals surface area contributed by atoms with Gasteiger partial charge >= 0.3 is 6.09 Å². The van der Waals surface area contributed by atoms with Crippen molar-refractivity contribution >= 4 is 35.2 Å². The van der Waals surface area contributed by atoms with Crippen LogP contribution in [-0.2, 0) is 16.0 Å². The first kappa shape index (κ1) is 26.0. The molecule has 1 amide bonds. The fourth-order valence-corrected chi connectivity index (χ4v) is 5.13. The van der Waals surface area contributed by atoms with Gasteiger partial charge in [-0.05, 0) is 31.7 Å². The third-order valence-corrected chi connectivity index (χ3v) is 7.56. The molecule has 0 spiro atoms. The molecule has 3 aliphatic rings. The smallest absolute Gasteiger partial charge is 0.378 e. The van der Waals surface area contributed by atoms with E-state index in [0.717, 1.165) is 48.7 Å². The number of hydrogen-bond donors (Lipinski definition) is 1. The first-order valence-corrected chi connectivity index (χ1v) is 13.5. The zero-order valence-electron chi connectivity index (χ0n) is 22.9. The van der Waals surface area contributed by atoms with E-state index in [1.165, 1.54) is 4.90 Å². The molecule has 13 nitrogen and oxygen atoms in total. The van der Waals surface area contributed by atoms with Gasteiger partial charge in [0.1, 0.15) is 0 Å². The molecule has 0 aliphatic carbocycles. The SMILES string of the molecule is CN1CCN(c2cccc(N(C)C(=O)ON3CCc4c(-c5cnc(N)nc5)nc(N5CCOCC5)nc43)c2)CC1. The highest BCUT2D eigenvalue weighted by molar-refractivity contribution is 5.88. The number of likely N-dealkylation sites (N-methyl/N-ethyl adjacent to an activating group) is 1. The average molecular weight is 547 g/mol. The van der Waals surface area contributed by atoms with Gasteiger partial charge in [0.05, 0.1) is 25.5 Å². The van der Waals surface area contributed by atoms with Crippen LogP contribution in [0.25, 0.3) is 11.3 Å². The molecule has 3 aromatic rings. The van der Waals surface area contributed by atoms with Crippen LogP contribution < -0.4 is 25.5 Å². The molecule has 5 heterocycles. The van der Waals surface area contributed by atoms with Crippen LogP contribution in [0.5, 0.6) is 0 Å². The molecular formula is C27H34N10O3. The Morgan fingerprint density at radius 2 is 1.75 bits per heavy atom. The van der Waals surface area contributed by atoms with Crippen LogP contribution in [0.1, 0.15) is 5.56 Å². The molecule has 0 unspecified atom stereocenters. The van der Waals surface area contributed by atoms with Gasteiger partial charge < -0.3 is 30.0 Å². The van der Waals surface area contributed by atoms with E-state index >= 15 is 0 Å². The zero-order valence-corrected chi connectivity index (χ0v) is 22.9. The number of rotatable bonds is 5. The summed E-state index contributed by atoms with van der Waals surface area (Å²) < 4.78 is 5.51. The second-order valence-corrected chi connectivity index (χ2v) is 10.2. The maximum absolute atomic E-state index is 13.4. The number of nitrogen functional groups attached to an aromatic ring is 1. The minimum absolute atomic E-state index is 0.193. The Kier molecular flexibility index (Phi) is 7.22. The summed E-state index contributed by atoms with van der Waals surface area (Å²) in [4.78, 5) is 45.6. The first-order valence-electron chi connectivity index (χ1n) is 13.5. The van der Waals surface area contributed by atoms with Gasteiger partial charge in [-0.15, -0.1) is 0 Å². The summed E-state index contributed by atoms with van der Waals surface area (Å²) in [7, 11) is 3.86. The van der Waals surface area contributed by atoms with E-state index in [1.807, 2.05) is 18.2 Å². The average Bonchev–Trinajstić information content (AvgIpc) is 3.40. The van der Waals surface area contributed by atoms with E-state index in [4.69, 9.17) is 25.3 Å². The predicted molar refractivity (Wildman–Crippen MR) is 153 cm³/mol. The number of anilines is 5. The number of fused-ring (bicyclic) bond motifs is 1. The van der Waals surface area contributed by atoms with Gasteiger partial charge in [-0.1, -0.05) is 6.07 Å². The maximum atomic E-state index is 13.4. The van der Waals surface area contributed by atoms with E-state index in [0.29, 0.717) is 56.7 Å². The summed E-state index contributed by atoms with van der Waals surface area (Å²) in [5.74, 6) is 1.31. The van der Waals surface area contributed by atoms with Gasteiger partial charge in [-0.25, -0.2) is 19.7 Å². The molecule has 2 N–H and O–H groups in total. The fourth-order valence-electron chi connectivity index (χ4n) is 5.13.